The van der Waals surface area contributed by atoms with Crippen LogP contribution in [0.15, 0.2) is 53.4 Å². The van der Waals surface area contributed by atoms with Gasteiger partial charge in [-0.15, -0.1) is 11.8 Å². The fourth-order valence-electron chi connectivity index (χ4n) is 1.80. The lowest BCUT2D eigenvalue weighted by Crippen LogP contribution is -2.18. The Morgan fingerprint density at radius 3 is 2.04 bits per heavy atom. The highest BCUT2D eigenvalue weighted by atomic mass is 35.5. The number of amides is 2. The van der Waals surface area contributed by atoms with E-state index in [-0.39, 0.29) is 17.7 Å². The molecule has 0 fully saturated rings. The summed E-state index contributed by atoms with van der Waals surface area (Å²) in [6, 6.07) is 14.4. The summed E-state index contributed by atoms with van der Waals surface area (Å²) < 4.78 is 0. The number of nitrogens with one attached hydrogen (secondary N) is 2. The van der Waals surface area contributed by atoms with Crippen molar-refractivity contribution in [1.82, 2.24) is 0 Å². The molecule has 0 saturated carbocycles. The van der Waals surface area contributed by atoms with Crippen LogP contribution in [-0.4, -0.2) is 17.6 Å². The smallest absolute Gasteiger partial charge is 0.234 e. The lowest BCUT2D eigenvalue weighted by atomic mass is 10.2. The third-order valence-corrected chi connectivity index (χ3v) is 4.41. The molecule has 2 aromatic carbocycles. The molecule has 0 spiro atoms. The first kappa shape index (κ1) is 18.4. The highest BCUT2D eigenvalue weighted by Crippen LogP contribution is 2.21. The Balaban J connectivity index is 1.83. The van der Waals surface area contributed by atoms with Gasteiger partial charge in [0.2, 0.25) is 11.8 Å². The number of benzene rings is 2. The van der Waals surface area contributed by atoms with Gasteiger partial charge in [-0.1, -0.05) is 25.4 Å². The second-order valence-electron chi connectivity index (χ2n) is 5.51. The van der Waals surface area contributed by atoms with E-state index in [9.17, 15) is 9.59 Å². The topological polar surface area (TPSA) is 58.2 Å². The van der Waals surface area contributed by atoms with Gasteiger partial charge in [0.1, 0.15) is 0 Å². The van der Waals surface area contributed by atoms with Gasteiger partial charge in [-0.25, -0.2) is 0 Å². The normalized spacial score (nSPS) is 10.5. The summed E-state index contributed by atoms with van der Waals surface area (Å²) in [6.07, 6.45) is 0. The van der Waals surface area contributed by atoms with E-state index in [2.05, 4.69) is 10.6 Å². The van der Waals surface area contributed by atoms with Gasteiger partial charge in [0.05, 0.1) is 5.75 Å². The van der Waals surface area contributed by atoms with Crippen LogP contribution in [0.2, 0.25) is 5.02 Å². The fraction of sp³-hybridized carbons (Fsp3) is 0.222. The van der Waals surface area contributed by atoms with Crippen LogP contribution < -0.4 is 10.6 Å². The number of hydrogen-bond acceptors (Lipinski definition) is 3. The molecule has 0 aromatic heterocycles. The summed E-state index contributed by atoms with van der Waals surface area (Å²) >= 11 is 7.27. The van der Waals surface area contributed by atoms with Gasteiger partial charge in [-0.05, 0) is 48.5 Å². The molecular weight excluding hydrogens is 344 g/mol. The summed E-state index contributed by atoms with van der Waals surface area (Å²) in [5.41, 5.74) is 1.40. The van der Waals surface area contributed by atoms with E-state index < -0.39 is 0 Å². The Morgan fingerprint density at radius 1 is 0.958 bits per heavy atom. The van der Waals surface area contributed by atoms with Gasteiger partial charge in [0.15, 0.2) is 0 Å². The number of thioether (sulfide) groups is 1. The maximum Gasteiger partial charge on any atom is 0.234 e. The fourth-order valence-corrected chi connectivity index (χ4v) is 2.62. The first-order chi connectivity index (χ1) is 11.4. The molecule has 24 heavy (non-hydrogen) atoms. The molecule has 2 N–H and O–H groups in total. The van der Waals surface area contributed by atoms with E-state index in [1.165, 1.54) is 11.8 Å². The highest BCUT2D eigenvalue weighted by Gasteiger charge is 2.07. The minimum absolute atomic E-state index is 0.0360. The van der Waals surface area contributed by atoms with E-state index >= 15 is 0 Å². The maximum atomic E-state index is 12.0. The standard InChI is InChI=1S/C18H19ClN2O2S/c1-12(2)18(23)21-15-7-5-14(6-8-15)20-17(22)11-24-16-9-3-13(19)4-10-16/h3-10,12H,11H2,1-2H3,(H,20,22)(H,21,23). The first-order valence-electron chi connectivity index (χ1n) is 7.53. The van der Waals surface area contributed by atoms with Crippen LogP contribution in [0, 0.1) is 5.92 Å². The summed E-state index contributed by atoms with van der Waals surface area (Å²) in [7, 11) is 0. The molecule has 126 valence electrons. The van der Waals surface area contributed by atoms with Crippen molar-refractivity contribution in [3.63, 3.8) is 0 Å². The monoisotopic (exact) mass is 362 g/mol. The molecule has 0 bridgehead atoms. The van der Waals surface area contributed by atoms with Crippen LogP contribution in [0.5, 0.6) is 0 Å². The van der Waals surface area contributed by atoms with Crippen LogP contribution in [0.3, 0.4) is 0 Å². The van der Waals surface area contributed by atoms with Crippen molar-refractivity contribution in [2.24, 2.45) is 5.92 Å². The van der Waals surface area contributed by atoms with E-state index in [0.717, 1.165) is 4.90 Å². The van der Waals surface area contributed by atoms with E-state index in [1.54, 1.807) is 36.4 Å². The van der Waals surface area contributed by atoms with Crippen molar-refractivity contribution >= 4 is 46.6 Å². The van der Waals surface area contributed by atoms with Crippen LogP contribution >= 0.6 is 23.4 Å². The average Bonchev–Trinajstić information content (AvgIpc) is 2.56. The minimum Gasteiger partial charge on any atom is -0.326 e. The number of carbonyl (C=O) groups excluding carboxylic acids is 2. The second-order valence-corrected chi connectivity index (χ2v) is 7.00. The third kappa shape index (κ3) is 5.91. The summed E-state index contributed by atoms with van der Waals surface area (Å²) in [6.45, 7) is 3.67. The van der Waals surface area contributed by atoms with E-state index in [4.69, 9.17) is 11.6 Å². The van der Waals surface area contributed by atoms with Gasteiger partial charge in [-0.2, -0.15) is 0 Å². The number of rotatable bonds is 6. The van der Waals surface area contributed by atoms with Crippen LogP contribution in [-0.2, 0) is 9.59 Å². The lowest BCUT2D eigenvalue weighted by molar-refractivity contribution is -0.119. The lowest BCUT2D eigenvalue weighted by Gasteiger charge is -2.09. The number of halogens is 1. The van der Waals surface area contributed by atoms with Crippen molar-refractivity contribution in [1.29, 1.82) is 0 Å². The molecule has 0 radical (unpaired) electrons. The Labute approximate surface area is 151 Å². The summed E-state index contributed by atoms with van der Waals surface area (Å²) in [5, 5.41) is 6.31. The van der Waals surface area contributed by atoms with Crippen molar-refractivity contribution in [3.8, 4) is 0 Å². The van der Waals surface area contributed by atoms with Gasteiger partial charge in [0.25, 0.3) is 0 Å². The van der Waals surface area contributed by atoms with Crippen molar-refractivity contribution in [2.75, 3.05) is 16.4 Å². The number of carbonyl (C=O) groups is 2. The largest absolute Gasteiger partial charge is 0.326 e. The zero-order valence-electron chi connectivity index (χ0n) is 13.5. The van der Waals surface area contributed by atoms with Crippen LogP contribution in [0.25, 0.3) is 0 Å². The third-order valence-electron chi connectivity index (χ3n) is 3.14. The summed E-state index contributed by atoms with van der Waals surface area (Å²) in [4.78, 5) is 24.6. The SMILES string of the molecule is CC(C)C(=O)Nc1ccc(NC(=O)CSc2ccc(Cl)cc2)cc1. The zero-order chi connectivity index (χ0) is 17.5. The van der Waals surface area contributed by atoms with E-state index in [1.807, 2.05) is 26.0 Å². The molecule has 0 saturated heterocycles. The maximum absolute atomic E-state index is 12.0. The molecule has 2 rings (SSSR count). The quantitative estimate of drug-likeness (QED) is 0.734. The van der Waals surface area contributed by atoms with Crippen molar-refractivity contribution in [3.05, 3.63) is 53.6 Å². The molecule has 4 nitrogen and oxygen atoms in total. The molecule has 2 aromatic rings. The Kier molecular flexibility index (Phi) is 6.70. The Bertz CT molecular complexity index is 700. The molecule has 0 heterocycles. The Morgan fingerprint density at radius 2 is 1.50 bits per heavy atom. The first-order valence-corrected chi connectivity index (χ1v) is 8.89. The molecular formula is C18H19ClN2O2S. The average molecular weight is 363 g/mol. The molecule has 0 unspecified atom stereocenters. The Hall–Kier alpha value is -1.98. The van der Waals surface area contributed by atoms with Gasteiger partial charge in [-0.3, -0.25) is 9.59 Å². The molecule has 6 heteroatoms. The zero-order valence-corrected chi connectivity index (χ0v) is 15.1. The molecule has 0 atom stereocenters. The van der Waals surface area contributed by atoms with E-state index in [0.29, 0.717) is 22.2 Å². The molecule has 0 aliphatic heterocycles. The van der Waals surface area contributed by atoms with Crippen LogP contribution in [0.4, 0.5) is 11.4 Å². The summed E-state index contributed by atoms with van der Waals surface area (Å²) in [5.74, 6) is 0.113. The predicted octanol–water partition coefficient (Wildman–Crippen LogP) is 4.67. The predicted molar refractivity (Wildman–Crippen MR) is 101 cm³/mol. The second kappa shape index (κ2) is 8.76. The minimum atomic E-state index is -0.0890. The van der Waals surface area contributed by atoms with Gasteiger partial charge < -0.3 is 10.6 Å². The van der Waals surface area contributed by atoms with Crippen molar-refractivity contribution in [2.45, 2.75) is 18.7 Å². The molecule has 2 amide bonds. The number of hydrogen-bond donors (Lipinski definition) is 2. The van der Waals surface area contributed by atoms with Crippen molar-refractivity contribution < 1.29 is 9.59 Å². The molecule has 0 aliphatic rings. The molecule has 0 aliphatic carbocycles. The van der Waals surface area contributed by atoms with Crippen LogP contribution in [0.1, 0.15) is 13.8 Å². The highest BCUT2D eigenvalue weighted by molar-refractivity contribution is 8.00. The van der Waals surface area contributed by atoms with Gasteiger partial charge >= 0.3 is 0 Å². The van der Waals surface area contributed by atoms with Gasteiger partial charge in [0, 0.05) is 27.2 Å². The number of anilines is 2.